The summed E-state index contributed by atoms with van der Waals surface area (Å²) in [6.45, 7) is 0.0378. The molecular formula is C14H15F2NO2. The van der Waals surface area contributed by atoms with E-state index in [0.29, 0.717) is 12.0 Å². The topological polar surface area (TPSA) is 38.3 Å². The Balaban J connectivity index is 2.05. The molecule has 2 unspecified atom stereocenters. The molecule has 2 atom stereocenters. The van der Waals surface area contributed by atoms with Crippen molar-refractivity contribution in [2.24, 2.45) is 0 Å². The second kappa shape index (κ2) is 4.56. The molecule has 1 amide bonds. The first-order chi connectivity index (χ1) is 9.12. The number of amides is 1. The number of ether oxygens (including phenoxy) is 1. The molecule has 2 fully saturated rings. The zero-order valence-corrected chi connectivity index (χ0v) is 10.4. The van der Waals surface area contributed by atoms with Gasteiger partial charge in [-0.1, -0.05) is 18.9 Å². The van der Waals surface area contributed by atoms with Crippen LogP contribution in [0.3, 0.4) is 0 Å². The van der Waals surface area contributed by atoms with Gasteiger partial charge in [0.15, 0.2) is 11.6 Å². The fourth-order valence-corrected chi connectivity index (χ4v) is 3.15. The van der Waals surface area contributed by atoms with Gasteiger partial charge in [-0.3, -0.25) is 4.79 Å². The molecular weight excluding hydrogens is 252 g/mol. The minimum absolute atomic E-state index is 0.0378. The Bertz CT molecular complexity index is 520. The van der Waals surface area contributed by atoms with Gasteiger partial charge in [0.1, 0.15) is 6.61 Å². The Labute approximate surface area is 109 Å². The zero-order chi connectivity index (χ0) is 13.5. The third-order valence-corrected chi connectivity index (χ3v) is 4.05. The molecule has 1 saturated heterocycles. The Kier molecular flexibility index (Phi) is 3.01. The summed E-state index contributed by atoms with van der Waals surface area (Å²) in [6.07, 6.45) is 3.29. The van der Waals surface area contributed by atoms with E-state index >= 15 is 0 Å². The molecule has 3 rings (SSSR count). The van der Waals surface area contributed by atoms with Crippen LogP contribution in [-0.2, 0) is 15.1 Å². The monoisotopic (exact) mass is 267 g/mol. The minimum Gasteiger partial charge on any atom is -0.366 e. The lowest BCUT2D eigenvalue weighted by Crippen LogP contribution is -2.61. The number of morpholine rings is 1. The van der Waals surface area contributed by atoms with Crippen LogP contribution in [0.25, 0.3) is 0 Å². The summed E-state index contributed by atoms with van der Waals surface area (Å²) in [7, 11) is 0. The lowest BCUT2D eigenvalue weighted by atomic mass is 9.73. The quantitative estimate of drug-likeness (QED) is 0.847. The van der Waals surface area contributed by atoms with Crippen LogP contribution in [-0.4, -0.2) is 18.6 Å². The van der Waals surface area contributed by atoms with Crippen LogP contribution in [0.2, 0.25) is 0 Å². The summed E-state index contributed by atoms with van der Waals surface area (Å²) in [5.41, 5.74) is -0.119. The van der Waals surface area contributed by atoms with Gasteiger partial charge in [-0.25, -0.2) is 8.78 Å². The predicted molar refractivity (Wildman–Crippen MR) is 64.4 cm³/mol. The van der Waals surface area contributed by atoms with Crippen molar-refractivity contribution in [2.45, 2.75) is 37.3 Å². The van der Waals surface area contributed by atoms with E-state index in [1.165, 1.54) is 12.1 Å². The maximum atomic E-state index is 13.5. The highest BCUT2D eigenvalue weighted by atomic mass is 19.2. The summed E-state index contributed by atoms with van der Waals surface area (Å²) < 4.78 is 32.1. The highest BCUT2D eigenvalue weighted by Crippen LogP contribution is 2.41. The van der Waals surface area contributed by atoms with Crippen molar-refractivity contribution < 1.29 is 18.3 Å². The van der Waals surface area contributed by atoms with Gasteiger partial charge in [0.2, 0.25) is 5.91 Å². The normalized spacial score (nSPS) is 30.6. The molecule has 1 aromatic carbocycles. The summed E-state index contributed by atoms with van der Waals surface area (Å²) in [6, 6.07) is 3.81. The van der Waals surface area contributed by atoms with Crippen molar-refractivity contribution in [1.29, 1.82) is 0 Å². The van der Waals surface area contributed by atoms with Crippen molar-refractivity contribution in [3.63, 3.8) is 0 Å². The molecule has 1 N–H and O–H groups in total. The van der Waals surface area contributed by atoms with Gasteiger partial charge in [-0.15, -0.1) is 0 Å². The molecule has 1 saturated carbocycles. The number of benzene rings is 1. The SMILES string of the molecule is O=C1COC2CCCCC2(c2ccc(F)c(F)c2)N1. The summed E-state index contributed by atoms with van der Waals surface area (Å²) in [4.78, 5) is 11.6. The average Bonchev–Trinajstić information content (AvgIpc) is 2.41. The first kappa shape index (κ1) is 12.5. The average molecular weight is 267 g/mol. The smallest absolute Gasteiger partial charge is 0.246 e. The van der Waals surface area contributed by atoms with Gasteiger partial charge in [-0.05, 0) is 30.5 Å². The van der Waals surface area contributed by atoms with Gasteiger partial charge in [0, 0.05) is 0 Å². The zero-order valence-electron chi connectivity index (χ0n) is 10.4. The van der Waals surface area contributed by atoms with Gasteiger partial charge in [0.25, 0.3) is 0 Å². The highest BCUT2D eigenvalue weighted by molar-refractivity contribution is 5.79. The maximum Gasteiger partial charge on any atom is 0.246 e. The number of fused-ring (bicyclic) bond motifs is 1. The van der Waals surface area contributed by atoms with Crippen LogP contribution in [0, 0.1) is 11.6 Å². The lowest BCUT2D eigenvalue weighted by Gasteiger charge is -2.47. The molecule has 1 aliphatic carbocycles. The predicted octanol–water partition coefficient (Wildman–Crippen LogP) is 2.25. The summed E-state index contributed by atoms with van der Waals surface area (Å²) in [5.74, 6) is -1.98. The molecule has 0 bridgehead atoms. The highest BCUT2D eigenvalue weighted by Gasteiger charge is 2.47. The second-order valence-electron chi connectivity index (χ2n) is 5.19. The molecule has 3 nitrogen and oxygen atoms in total. The molecule has 0 aromatic heterocycles. The van der Waals surface area contributed by atoms with Gasteiger partial charge >= 0.3 is 0 Å². The largest absolute Gasteiger partial charge is 0.366 e. The maximum absolute atomic E-state index is 13.5. The third kappa shape index (κ3) is 2.02. The van der Waals surface area contributed by atoms with E-state index in [0.717, 1.165) is 25.3 Å². The number of nitrogens with one attached hydrogen (secondary N) is 1. The molecule has 1 aliphatic heterocycles. The standard InChI is InChI=1S/C14H15F2NO2/c15-10-5-4-9(7-11(10)16)14-6-2-1-3-12(14)19-8-13(18)17-14/h4-5,7,12H,1-3,6,8H2,(H,17,18). The Morgan fingerprint density at radius 2 is 2.11 bits per heavy atom. The van der Waals surface area contributed by atoms with E-state index in [1.807, 2.05) is 0 Å². The Morgan fingerprint density at radius 3 is 2.89 bits per heavy atom. The molecule has 102 valence electrons. The van der Waals surface area contributed by atoms with E-state index in [9.17, 15) is 13.6 Å². The van der Waals surface area contributed by atoms with Crippen molar-refractivity contribution in [1.82, 2.24) is 5.32 Å². The van der Waals surface area contributed by atoms with E-state index in [4.69, 9.17) is 4.74 Å². The van der Waals surface area contributed by atoms with Crippen molar-refractivity contribution >= 4 is 5.91 Å². The number of carbonyl (C=O) groups excluding carboxylic acids is 1. The number of carbonyl (C=O) groups is 1. The number of hydrogen-bond donors (Lipinski definition) is 1. The van der Waals surface area contributed by atoms with Crippen molar-refractivity contribution in [2.75, 3.05) is 6.61 Å². The molecule has 19 heavy (non-hydrogen) atoms. The van der Waals surface area contributed by atoms with Gasteiger partial charge in [-0.2, -0.15) is 0 Å². The van der Waals surface area contributed by atoms with Crippen LogP contribution >= 0.6 is 0 Å². The molecule has 2 aliphatic rings. The van der Waals surface area contributed by atoms with Crippen LogP contribution in [0.15, 0.2) is 18.2 Å². The fraction of sp³-hybridized carbons (Fsp3) is 0.500. The number of halogens is 2. The van der Waals surface area contributed by atoms with Gasteiger partial charge in [0.05, 0.1) is 11.6 Å². The van der Waals surface area contributed by atoms with E-state index < -0.39 is 17.2 Å². The van der Waals surface area contributed by atoms with Crippen LogP contribution < -0.4 is 5.32 Å². The van der Waals surface area contributed by atoms with E-state index in [-0.39, 0.29) is 18.6 Å². The van der Waals surface area contributed by atoms with E-state index in [1.54, 1.807) is 0 Å². The van der Waals surface area contributed by atoms with Crippen LogP contribution in [0.4, 0.5) is 8.78 Å². The lowest BCUT2D eigenvalue weighted by molar-refractivity contribution is -0.148. The summed E-state index contributed by atoms with van der Waals surface area (Å²) in [5, 5.41) is 2.94. The molecule has 1 heterocycles. The fourth-order valence-electron chi connectivity index (χ4n) is 3.15. The Hall–Kier alpha value is -1.49. The van der Waals surface area contributed by atoms with Crippen molar-refractivity contribution in [3.8, 4) is 0 Å². The molecule has 1 aromatic rings. The summed E-state index contributed by atoms with van der Waals surface area (Å²) >= 11 is 0. The molecule has 5 heteroatoms. The van der Waals surface area contributed by atoms with Crippen LogP contribution in [0.5, 0.6) is 0 Å². The first-order valence-electron chi connectivity index (χ1n) is 6.50. The second-order valence-corrected chi connectivity index (χ2v) is 5.19. The molecule has 0 spiro atoms. The Morgan fingerprint density at radius 1 is 1.26 bits per heavy atom. The first-order valence-corrected chi connectivity index (χ1v) is 6.50. The van der Waals surface area contributed by atoms with Gasteiger partial charge < -0.3 is 10.1 Å². The van der Waals surface area contributed by atoms with E-state index in [2.05, 4.69) is 5.32 Å². The minimum atomic E-state index is -0.893. The van der Waals surface area contributed by atoms with Crippen LogP contribution in [0.1, 0.15) is 31.2 Å². The van der Waals surface area contributed by atoms with Crippen molar-refractivity contribution in [3.05, 3.63) is 35.4 Å². The third-order valence-electron chi connectivity index (χ3n) is 4.05. The number of hydrogen-bond acceptors (Lipinski definition) is 2. The number of rotatable bonds is 1. The molecule has 0 radical (unpaired) electrons.